The van der Waals surface area contributed by atoms with Crippen LogP contribution in [0.3, 0.4) is 0 Å². The molecule has 0 radical (unpaired) electrons. The average Bonchev–Trinajstić information content (AvgIpc) is 2.51. The zero-order chi connectivity index (χ0) is 13.1. The monoisotopic (exact) mass is 250 g/mol. The zero-order valence-electron chi connectivity index (χ0n) is 10.7. The Morgan fingerprint density at radius 1 is 1.56 bits per heavy atom. The maximum Gasteiger partial charge on any atom is 0.272 e. The number of rotatable bonds is 1. The maximum atomic E-state index is 12.3. The quantitative estimate of drug-likeness (QED) is 0.790. The third kappa shape index (κ3) is 2.95. The van der Waals surface area contributed by atoms with Crippen molar-refractivity contribution < 1.29 is 9.53 Å². The standard InChI is InChI=1S/C12H18N4O2/c1-8-6-10(15-12(13)14-8)11(17)16-4-3-5-18-9(2)7-16/h6,9H,3-5,7H2,1-2H3,(H2,13,14,15). The SMILES string of the molecule is Cc1cc(C(=O)N2CCCOC(C)C2)nc(N)n1. The van der Waals surface area contributed by atoms with E-state index in [9.17, 15) is 4.79 Å². The molecule has 18 heavy (non-hydrogen) atoms. The maximum absolute atomic E-state index is 12.3. The highest BCUT2D eigenvalue weighted by atomic mass is 16.5. The second kappa shape index (κ2) is 5.30. The summed E-state index contributed by atoms with van der Waals surface area (Å²) in [5.74, 6) is 0.0296. The molecule has 1 fully saturated rings. The lowest BCUT2D eigenvalue weighted by Crippen LogP contribution is -2.36. The molecule has 2 N–H and O–H groups in total. The van der Waals surface area contributed by atoms with Crippen LogP contribution in [-0.4, -0.2) is 46.6 Å². The second-order valence-corrected chi connectivity index (χ2v) is 4.54. The molecule has 1 aliphatic rings. The van der Waals surface area contributed by atoms with Crippen molar-refractivity contribution in [1.29, 1.82) is 0 Å². The number of hydrogen-bond acceptors (Lipinski definition) is 5. The van der Waals surface area contributed by atoms with Gasteiger partial charge in [0.25, 0.3) is 5.91 Å². The molecule has 1 aromatic heterocycles. The predicted molar refractivity (Wildman–Crippen MR) is 67.1 cm³/mol. The lowest BCUT2D eigenvalue weighted by molar-refractivity contribution is 0.0559. The average molecular weight is 250 g/mol. The Balaban J connectivity index is 2.18. The largest absolute Gasteiger partial charge is 0.377 e. The highest BCUT2D eigenvalue weighted by molar-refractivity contribution is 5.92. The molecule has 1 unspecified atom stereocenters. The predicted octanol–water partition coefficient (Wildman–Crippen LogP) is 0.618. The van der Waals surface area contributed by atoms with Crippen LogP contribution >= 0.6 is 0 Å². The minimum absolute atomic E-state index is 0.0525. The van der Waals surface area contributed by atoms with E-state index in [-0.39, 0.29) is 18.0 Å². The molecule has 1 saturated heterocycles. The van der Waals surface area contributed by atoms with Crippen molar-refractivity contribution in [3.05, 3.63) is 17.5 Å². The Morgan fingerprint density at radius 3 is 3.06 bits per heavy atom. The van der Waals surface area contributed by atoms with E-state index in [4.69, 9.17) is 10.5 Å². The second-order valence-electron chi connectivity index (χ2n) is 4.54. The molecular formula is C12H18N4O2. The number of carbonyl (C=O) groups is 1. The fourth-order valence-electron chi connectivity index (χ4n) is 2.04. The number of aromatic nitrogens is 2. The minimum Gasteiger partial charge on any atom is -0.377 e. The molecule has 0 bridgehead atoms. The van der Waals surface area contributed by atoms with E-state index < -0.39 is 0 Å². The summed E-state index contributed by atoms with van der Waals surface area (Å²) in [6.45, 7) is 5.72. The Hall–Kier alpha value is -1.69. The van der Waals surface area contributed by atoms with Gasteiger partial charge in [-0.3, -0.25) is 4.79 Å². The molecule has 1 aromatic rings. The van der Waals surface area contributed by atoms with Gasteiger partial charge < -0.3 is 15.4 Å². The van der Waals surface area contributed by atoms with Crippen LogP contribution in [0.25, 0.3) is 0 Å². The summed E-state index contributed by atoms with van der Waals surface area (Å²) in [4.78, 5) is 22.1. The van der Waals surface area contributed by atoms with E-state index in [0.717, 1.165) is 6.42 Å². The third-order valence-corrected chi connectivity index (χ3v) is 2.83. The van der Waals surface area contributed by atoms with E-state index in [1.807, 2.05) is 6.92 Å². The zero-order valence-corrected chi connectivity index (χ0v) is 10.7. The lowest BCUT2D eigenvalue weighted by Gasteiger charge is -2.21. The molecule has 0 aromatic carbocycles. The normalized spacial score (nSPS) is 20.6. The fraction of sp³-hybridized carbons (Fsp3) is 0.583. The molecule has 0 spiro atoms. The summed E-state index contributed by atoms with van der Waals surface area (Å²) >= 11 is 0. The van der Waals surface area contributed by atoms with E-state index in [1.54, 1.807) is 17.9 Å². The molecule has 2 heterocycles. The van der Waals surface area contributed by atoms with Gasteiger partial charge in [0.15, 0.2) is 0 Å². The molecule has 1 amide bonds. The fourth-order valence-corrected chi connectivity index (χ4v) is 2.04. The molecule has 6 nitrogen and oxygen atoms in total. The van der Waals surface area contributed by atoms with Gasteiger partial charge in [0.05, 0.1) is 6.10 Å². The first kappa shape index (κ1) is 12.8. The van der Waals surface area contributed by atoms with Gasteiger partial charge in [0.1, 0.15) is 5.69 Å². The van der Waals surface area contributed by atoms with E-state index in [2.05, 4.69) is 9.97 Å². The van der Waals surface area contributed by atoms with Gasteiger partial charge in [-0.1, -0.05) is 0 Å². The molecule has 6 heteroatoms. The number of hydrogen-bond donors (Lipinski definition) is 1. The number of carbonyl (C=O) groups excluding carboxylic acids is 1. The Morgan fingerprint density at radius 2 is 2.33 bits per heavy atom. The molecule has 2 rings (SSSR count). The van der Waals surface area contributed by atoms with Gasteiger partial charge in [0, 0.05) is 25.4 Å². The van der Waals surface area contributed by atoms with Gasteiger partial charge in [-0.15, -0.1) is 0 Å². The van der Waals surface area contributed by atoms with Crippen LogP contribution in [0, 0.1) is 6.92 Å². The smallest absolute Gasteiger partial charge is 0.272 e. The lowest BCUT2D eigenvalue weighted by atomic mass is 10.2. The first-order valence-electron chi connectivity index (χ1n) is 6.08. The third-order valence-electron chi connectivity index (χ3n) is 2.83. The number of aryl methyl sites for hydroxylation is 1. The summed E-state index contributed by atoms with van der Waals surface area (Å²) in [6, 6.07) is 1.66. The summed E-state index contributed by atoms with van der Waals surface area (Å²) in [6.07, 6.45) is 0.895. The molecular weight excluding hydrogens is 232 g/mol. The summed E-state index contributed by atoms with van der Waals surface area (Å²) in [5, 5.41) is 0. The first-order valence-corrected chi connectivity index (χ1v) is 6.08. The summed E-state index contributed by atoms with van der Waals surface area (Å²) in [5.41, 5.74) is 6.62. The Bertz CT molecular complexity index is 429. The van der Waals surface area contributed by atoms with E-state index >= 15 is 0 Å². The van der Waals surface area contributed by atoms with Crippen LogP contribution in [0.4, 0.5) is 5.95 Å². The van der Waals surface area contributed by atoms with Gasteiger partial charge in [0.2, 0.25) is 5.95 Å². The van der Waals surface area contributed by atoms with Crippen LogP contribution in [0.2, 0.25) is 0 Å². The van der Waals surface area contributed by atoms with Crippen LogP contribution < -0.4 is 5.73 Å². The highest BCUT2D eigenvalue weighted by Gasteiger charge is 2.22. The summed E-state index contributed by atoms with van der Waals surface area (Å²) < 4.78 is 5.52. The van der Waals surface area contributed by atoms with Crippen LogP contribution in [-0.2, 0) is 4.74 Å². The van der Waals surface area contributed by atoms with Crippen molar-refractivity contribution in [2.45, 2.75) is 26.4 Å². The highest BCUT2D eigenvalue weighted by Crippen LogP contribution is 2.11. The van der Waals surface area contributed by atoms with Gasteiger partial charge in [-0.05, 0) is 26.3 Å². The number of anilines is 1. The minimum atomic E-state index is -0.107. The number of ether oxygens (including phenoxy) is 1. The number of nitrogens with two attached hydrogens (primary N) is 1. The first-order chi connectivity index (χ1) is 8.56. The van der Waals surface area contributed by atoms with Gasteiger partial charge >= 0.3 is 0 Å². The van der Waals surface area contributed by atoms with Gasteiger partial charge in [-0.25, -0.2) is 9.97 Å². The summed E-state index contributed by atoms with van der Waals surface area (Å²) in [7, 11) is 0. The van der Waals surface area contributed by atoms with Crippen molar-refractivity contribution in [2.75, 3.05) is 25.4 Å². The van der Waals surface area contributed by atoms with E-state index in [0.29, 0.717) is 31.1 Å². The Kier molecular flexibility index (Phi) is 3.76. The van der Waals surface area contributed by atoms with Crippen molar-refractivity contribution in [1.82, 2.24) is 14.9 Å². The topological polar surface area (TPSA) is 81.3 Å². The van der Waals surface area contributed by atoms with Gasteiger partial charge in [-0.2, -0.15) is 0 Å². The molecule has 98 valence electrons. The molecule has 1 aliphatic heterocycles. The van der Waals surface area contributed by atoms with Crippen molar-refractivity contribution in [3.8, 4) is 0 Å². The number of nitrogens with zero attached hydrogens (tertiary/aromatic N) is 3. The van der Waals surface area contributed by atoms with Crippen LogP contribution in [0.5, 0.6) is 0 Å². The van der Waals surface area contributed by atoms with Crippen molar-refractivity contribution in [2.24, 2.45) is 0 Å². The van der Waals surface area contributed by atoms with Crippen LogP contribution in [0.1, 0.15) is 29.5 Å². The number of amides is 1. The molecule has 0 saturated carbocycles. The van der Waals surface area contributed by atoms with Crippen molar-refractivity contribution >= 4 is 11.9 Å². The Labute approximate surface area is 106 Å². The molecule has 0 aliphatic carbocycles. The van der Waals surface area contributed by atoms with Crippen molar-refractivity contribution in [3.63, 3.8) is 0 Å². The van der Waals surface area contributed by atoms with E-state index in [1.165, 1.54) is 0 Å². The molecule has 1 atom stereocenters. The number of nitrogen functional groups attached to an aromatic ring is 1. The van der Waals surface area contributed by atoms with Crippen LogP contribution in [0.15, 0.2) is 6.07 Å².